The van der Waals surface area contributed by atoms with Crippen LogP contribution in [0.25, 0.3) is 0 Å². The summed E-state index contributed by atoms with van der Waals surface area (Å²) in [5, 5.41) is 0. The quantitative estimate of drug-likeness (QED) is 0.136. The number of hydrogen-bond donors (Lipinski definition) is 0. The van der Waals surface area contributed by atoms with Crippen molar-refractivity contribution in [2.45, 2.75) is 55.4 Å². The van der Waals surface area contributed by atoms with Crippen LogP contribution in [0.3, 0.4) is 0 Å². The van der Waals surface area contributed by atoms with Crippen LogP contribution in [0.15, 0.2) is 104 Å². The first-order chi connectivity index (χ1) is 22.4. The van der Waals surface area contributed by atoms with Crippen molar-refractivity contribution >= 4 is 35.4 Å². The summed E-state index contributed by atoms with van der Waals surface area (Å²) in [6.45, 7) is 21.7. The van der Waals surface area contributed by atoms with Crippen LogP contribution in [0.4, 0.5) is 11.4 Å². The van der Waals surface area contributed by atoms with Gasteiger partial charge < -0.3 is 9.80 Å². The van der Waals surface area contributed by atoms with Gasteiger partial charge in [0.15, 0.2) is 0 Å². The molecule has 0 bridgehead atoms. The summed E-state index contributed by atoms with van der Waals surface area (Å²) in [4.78, 5) is 12.5. The van der Waals surface area contributed by atoms with E-state index in [-0.39, 0.29) is 0 Å². The van der Waals surface area contributed by atoms with Crippen molar-refractivity contribution in [3.63, 3.8) is 0 Å². The van der Waals surface area contributed by atoms with Gasteiger partial charge in [-0.3, -0.25) is 9.97 Å². The van der Waals surface area contributed by atoms with E-state index in [9.17, 15) is 0 Å². The summed E-state index contributed by atoms with van der Waals surface area (Å²) >= 11 is -1.61. The Balaban J connectivity index is 0.000000204. The summed E-state index contributed by atoms with van der Waals surface area (Å²) in [7, 11) is 11.3. The number of rotatable bonds is 3. The molecule has 7 heteroatoms. The molecule has 250 valence electrons. The van der Waals surface area contributed by atoms with Crippen LogP contribution in [0.5, 0.6) is 0 Å². The average molecular weight is 756 g/mol. The number of hydrogen-bond acceptors (Lipinski definition) is 4. The van der Waals surface area contributed by atoms with Crippen molar-refractivity contribution in [2.75, 3.05) is 22.9 Å². The topological polar surface area (TPSA) is 32.3 Å². The van der Waals surface area contributed by atoms with Crippen molar-refractivity contribution in [1.82, 2.24) is 9.97 Å². The second kappa shape index (κ2) is 19.5. The van der Waals surface area contributed by atoms with Crippen LogP contribution in [0.1, 0.15) is 50.1 Å². The van der Waals surface area contributed by atoms with Gasteiger partial charge in [0.25, 0.3) is 0 Å². The first-order valence-corrected chi connectivity index (χ1v) is 21.1. The van der Waals surface area contributed by atoms with Crippen LogP contribution in [-0.2, 0) is 13.5 Å². The molecule has 1 fully saturated rings. The summed E-state index contributed by atoms with van der Waals surface area (Å²) < 4.78 is 1.92. The van der Waals surface area contributed by atoms with Gasteiger partial charge in [-0.1, -0.05) is 35.4 Å². The Kier molecular flexibility index (Phi) is 15.8. The zero-order valence-corrected chi connectivity index (χ0v) is 32.0. The molecule has 0 N–H and O–H groups in total. The van der Waals surface area contributed by atoms with Crippen LogP contribution in [-0.4, -0.2) is 27.7 Å². The minimum atomic E-state index is -1.61. The van der Waals surface area contributed by atoms with Gasteiger partial charge in [-0.2, -0.15) is 6.67 Å². The Morgan fingerprint density at radius 1 is 0.553 bits per heavy atom. The predicted molar refractivity (Wildman–Crippen MR) is 202 cm³/mol. The molecule has 3 heterocycles. The predicted octanol–water partition coefficient (Wildman–Crippen LogP) is 10.5. The van der Waals surface area contributed by atoms with E-state index in [2.05, 4.69) is 92.2 Å². The van der Waals surface area contributed by atoms with E-state index in [0.29, 0.717) is 0 Å². The van der Waals surface area contributed by atoms with Gasteiger partial charge in [0, 0.05) is 49.3 Å². The monoisotopic (exact) mass is 755 g/mol. The SMILES string of the molecule is Cc1cc(C)c(N2[CH-]N(c3c(C)cc(C)cc3C)CC2)c(C)c1.Cc1ccncc1.Cc1ccncc1.[Cl][Ru]([Cl])=[CH]c1ccccc1. The Morgan fingerprint density at radius 2 is 0.915 bits per heavy atom. The van der Waals surface area contributed by atoms with E-state index in [0.717, 1.165) is 18.7 Å². The molecule has 1 aliphatic heterocycles. The van der Waals surface area contributed by atoms with Crippen molar-refractivity contribution in [2.24, 2.45) is 0 Å². The van der Waals surface area contributed by atoms with Gasteiger partial charge in [-0.05, 0) is 113 Å². The number of anilines is 2. The number of nitrogens with zero attached hydrogens (tertiary/aromatic N) is 4. The van der Waals surface area contributed by atoms with E-state index < -0.39 is 13.5 Å². The average Bonchev–Trinajstić information content (AvgIpc) is 3.47. The molecule has 1 saturated heterocycles. The van der Waals surface area contributed by atoms with Crippen molar-refractivity contribution in [3.8, 4) is 0 Å². The van der Waals surface area contributed by atoms with Gasteiger partial charge in [0.1, 0.15) is 0 Å². The molecule has 0 saturated carbocycles. The molecule has 0 aliphatic carbocycles. The fraction of sp³-hybridized carbons (Fsp3) is 0.250. The van der Waals surface area contributed by atoms with E-state index in [1.54, 1.807) is 24.8 Å². The van der Waals surface area contributed by atoms with Gasteiger partial charge in [-0.15, -0.1) is 0 Å². The fourth-order valence-electron chi connectivity index (χ4n) is 5.55. The molecule has 4 nitrogen and oxygen atoms in total. The van der Waals surface area contributed by atoms with E-state index in [4.69, 9.17) is 19.4 Å². The number of aryl methyl sites for hydroxylation is 8. The first-order valence-electron chi connectivity index (χ1n) is 15.6. The Bertz CT molecular complexity index is 1560. The molecule has 6 rings (SSSR count). The molecule has 47 heavy (non-hydrogen) atoms. The zero-order chi connectivity index (χ0) is 34.3. The van der Waals surface area contributed by atoms with Crippen molar-refractivity contribution in [1.29, 1.82) is 0 Å². The van der Waals surface area contributed by atoms with Crippen LogP contribution in [0, 0.1) is 62.1 Å². The molecule has 0 atom stereocenters. The molecule has 5 aromatic rings. The van der Waals surface area contributed by atoms with Crippen LogP contribution < -0.4 is 9.80 Å². The summed E-state index contributed by atoms with van der Waals surface area (Å²) in [5.41, 5.74) is 14.5. The molecular formula is C40H47Cl2N4Ru-. The van der Waals surface area contributed by atoms with Gasteiger partial charge >= 0.3 is 73.4 Å². The first kappa shape index (κ1) is 38.1. The fourth-order valence-corrected chi connectivity index (χ4v) is 7.38. The summed E-state index contributed by atoms with van der Waals surface area (Å²) in [6.07, 6.45) is 7.15. The maximum absolute atomic E-state index is 5.67. The number of halogens is 2. The number of pyridine rings is 2. The third kappa shape index (κ3) is 13.0. The third-order valence-corrected chi connectivity index (χ3v) is 9.27. The molecule has 1 aliphatic rings. The second-order valence-electron chi connectivity index (χ2n) is 11.8. The van der Waals surface area contributed by atoms with Crippen LogP contribution in [0.2, 0.25) is 0 Å². The molecule has 0 unspecified atom stereocenters. The minimum absolute atomic E-state index is 1.04. The Labute approximate surface area is 295 Å². The maximum atomic E-state index is 5.67. The normalized spacial score (nSPS) is 12.1. The van der Waals surface area contributed by atoms with Crippen LogP contribution >= 0.6 is 19.4 Å². The van der Waals surface area contributed by atoms with E-state index in [1.165, 1.54) is 55.9 Å². The van der Waals surface area contributed by atoms with E-state index >= 15 is 0 Å². The summed E-state index contributed by atoms with van der Waals surface area (Å²) in [5.74, 6) is 0. The molecule has 3 aromatic carbocycles. The molecule has 0 amide bonds. The number of aromatic nitrogens is 2. The standard InChI is InChI=1S/C21H27N2.C7H6.2C6H7N.2ClH.Ru/c1-14-9-16(3)20(17(4)10-14)22-7-8-23(13-22)21-18(5)11-15(2)12-19(21)6;1-7-5-3-2-4-6-7;2*1-6-2-4-7-5-3-6;;;/h9-13H,7-8H2,1-6H3;1-6H;2*2-5H,1H3;2*1H;/q-1;;;;;;+2/p-2. The van der Waals surface area contributed by atoms with Crippen molar-refractivity contribution in [3.05, 3.63) is 160 Å². The summed E-state index contributed by atoms with van der Waals surface area (Å²) in [6, 6.07) is 26.9. The van der Waals surface area contributed by atoms with E-state index in [1.807, 2.05) is 73.1 Å². The molecule has 0 radical (unpaired) electrons. The second-order valence-corrected chi connectivity index (χ2v) is 17.5. The Hall–Kier alpha value is -3.37. The zero-order valence-electron chi connectivity index (χ0n) is 28.8. The third-order valence-electron chi connectivity index (χ3n) is 7.39. The molecule has 2 aromatic heterocycles. The van der Waals surface area contributed by atoms with Gasteiger partial charge in [0.2, 0.25) is 0 Å². The van der Waals surface area contributed by atoms with Gasteiger partial charge in [-0.25, -0.2) is 0 Å². The van der Waals surface area contributed by atoms with Gasteiger partial charge in [0.05, 0.1) is 0 Å². The molecule has 0 spiro atoms. The van der Waals surface area contributed by atoms with Crippen molar-refractivity contribution < 1.29 is 13.5 Å². The molecular weight excluding hydrogens is 708 g/mol. The number of benzene rings is 3. The Morgan fingerprint density at radius 3 is 1.21 bits per heavy atom.